The normalized spacial score (nSPS) is 21.1. The van der Waals surface area contributed by atoms with Gasteiger partial charge in [-0.2, -0.15) is 12.6 Å². The van der Waals surface area contributed by atoms with E-state index in [9.17, 15) is 9.18 Å². The van der Waals surface area contributed by atoms with Gasteiger partial charge in [-0.05, 0) is 18.2 Å². The third-order valence-corrected chi connectivity index (χ3v) is 2.97. The molecule has 1 aromatic carbocycles. The minimum absolute atomic E-state index is 0.00293. The summed E-state index contributed by atoms with van der Waals surface area (Å²) in [6, 6.07) is 3.99. The quantitative estimate of drug-likeness (QED) is 0.754. The van der Waals surface area contributed by atoms with Gasteiger partial charge in [-0.15, -0.1) is 0 Å². The summed E-state index contributed by atoms with van der Waals surface area (Å²) in [7, 11) is 0. The van der Waals surface area contributed by atoms with Gasteiger partial charge in [0.15, 0.2) is 0 Å². The monoisotopic (exact) mass is 245 g/mol. The summed E-state index contributed by atoms with van der Waals surface area (Å²) >= 11 is 10.1. The van der Waals surface area contributed by atoms with E-state index in [2.05, 4.69) is 12.6 Å². The minimum Gasteiger partial charge on any atom is -0.310 e. The molecule has 1 aliphatic heterocycles. The zero-order chi connectivity index (χ0) is 11.0. The van der Waals surface area contributed by atoms with E-state index in [1.54, 1.807) is 0 Å². The van der Waals surface area contributed by atoms with Crippen molar-refractivity contribution >= 4 is 35.8 Å². The first-order chi connectivity index (χ1) is 7.08. The Bertz CT molecular complexity index is 412. The van der Waals surface area contributed by atoms with Crippen molar-refractivity contribution in [2.45, 2.75) is 11.7 Å². The van der Waals surface area contributed by atoms with Crippen LogP contribution in [0.15, 0.2) is 18.2 Å². The van der Waals surface area contributed by atoms with Crippen LogP contribution >= 0.6 is 24.2 Å². The largest absolute Gasteiger partial charge is 0.310 e. The fourth-order valence-electron chi connectivity index (χ4n) is 1.61. The average molecular weight is 246 g/mol. The van der Waals surface area contributed by atoms with Crippen LogP contribution in [0, 0.1) is 5.82 Å². The molecule has 1 atom stereocenters. The summed E-state index contributed by atoms with van der Waals surface area (Å²) in [6.07, 6.45) is 0.371. The van der Waals surface area contributed by atoms with Crippen molar-refractivity contribution in [2.75, 3.05) is 11.4 Å². The fraction of sp³-hybridized carbons (Fsp3) is 0.300. The van der Waals surface area contributed by atoms with Gasteiger partial charge in [-0.25, -0.2) is 4.39 Å². The summed E-state index contributed by atoms with van der Waals surface area (Å²) in [4.78, 5) is 13.0. The van der Waals surface area contributed by atoms with E-state index in [4.69, 9.17) is 11.6 Å². The summed E-state index contributed by atoms with van der Waals surface area (Å²) in [5.74, 6) is -0.465. The molecule has 1 aliphatic rings. The third kappa shape index (κ3) is 2.11. The summed E-state index contributed by atoms with van der Waals surface area (Å²) in [6.45, 7) is 0.477. The van der Waals surface area contributed by atoms with Crippen LogP contribution in [0.5, 0.6) is 0 Å². The van der Waals surface area contributed by atoms with Crippen molar-refractivity contribution in [3.05, 3.63) is 29.0 Å². The second-order valence-corrected chi connectivity index (χ2v) is 4.60. The van der Waals surface area contributed by atoms with Gasteiger partial charge in [0, 0.05) is 18.2 Å². The fourth-order valence-corrected chi connectivity index (χ4v) is 2.15. The number of rotatable bonds is 1. The second kappa shape index (κ2) is 4.02. The first-order valence-electron chi connectivity index (χ1n) is 4.51. The summed E-state index contributed by atoms with van der Waals surface area (Å²) in [5, 5.41) is 0.379. The smallest absolute Gasteiger partial charge is 0.228 e. The van der Waals surface area contributed by atoms with E-state index in [-0.39, 0.29) is 11.2 Å². The summed E-state index contributed by atoms with van der Waals surface area (Å²) < 4.78 is 13.0. The number of carbonyl (C=O) groups is 1. The predicted molar refractivity (Wildman–Crippen MR) is 61.2 cm³/mol. The van der Waals surface area contributed by atoms with E-state index in [1.165, 1.54) is 23.1 Å². The third-order valence-electron chi connectivity index (χ3n) is 2.30. The van der Waals surface area contributed by atoms with Gasteiger partial charge < -0.3 is 4.90 Å². The maximum absolute atomic E-state index is 13.0. The number of halogens is 2. The highest BCUT2D eigenvalue weighted by molar-refractivity contribution is 7.81. The molecular formula is C10H9ClFNOS. The van der Waals surface area contributed by atoms with Gasteiger partial charge in [0.1, 0.15) is 5.82 Å². The van der Waals surface area contributed by atoms with Crippen LogP contribution in [0.25, 0.3) is 0 Å². The Morgan fingerprint density at radius 2 is 2.27 bits per heavy atom. The molecule has 1 fully saturated rings. The topological polar surface area (TPSA) is 20.3 Å². The van der Waals surface area contributed by atoms with Crippen LogP contribution in [-0.2, 0) is 4.79 Å². The summed E-state index contributed by atoms with van der Waals surface area (Å²) in [5.41, 5.74) is 0.429. The molecule has 2 rings (SSSR count). The highest BCUT2D eigenvalue weighted by Crippen LogP contribution is 2.31. The number of hydrogen-bond donors (Lipinski definition) is 1. The number of nitrogens with zero attached hydrogens (tertiary/aromatic N) is 1. The molecule has 1 amide bonds. The Hall–Kier alpha value is -0.740. The molecule has 1 aromatic rings. The standard InChI is InChI=1S/C10H9ClFNOS/c11-8-2-1-6(12)3-9(8)13-5-7(15)4-10(13)14/h1-3,7,15H,4-5H2. The molecule has 0 spiro atoms. The van der Waals surface area contributed by atoms with Crippen LogP contribution in [0.4, 0.5) is 10.1 Å². The van der Waals surface area contributed by atoms with Gasteiger partial charge in [0.25, 0.3) is 0 Å². The first-order valence-corrected chi connectivity index (χ1v) is 5.41. The van der Waals surface area contributed by atoms with Gasteiger partial charge in [0.2, 0.25) is 5.91 Å². The van der Waals surface area contributed by atoms with Crippen molar-refractivity contribution in [2.24, 2.45) is 0 Å². The molecule has 1 heterocycles. The first kappa shape index (κ1) is 10.8. The number of carbonyl (C=O) groups excluding carboxylic acids is 1. The molecule has 0 aromatic heterocycles. The Morgan fingerprint density at radius 1 is 1.53 bits per heavy atom. The average Bonchev–Trinajstić information content (AvgIpc) is 2.50. The van der Waals surface area contributed by atoms with Crippen LogP contribution in [-0.4, -0.2) is 17.7 Å². The molecule has 5 heteroatoms. The lowest BCUT2D eigenvalue weighted by molar-refractivity contribution is -0.117. The lowest BCUT2D eigenvalue weighted by Gasteiger charge is -2.17. The van der Waals surface area contributed by atoms with Crippen LogP contribution in [0.1, 0.15) is 6.42 Å². The molecule has 1 unspecified atom stereocenters. The minimum atomic E-state index is -0.398. The lowest BCUT2D eigenvalue weighted by Crippen LogP contribution is -2.25. The molecule has 15 heavy (non-hydrogen) atoms. The van der Waals surface area contributed by atoms with E-state index < -0.39 is 5.82 Å². The van der Waals surface area contributed by atoms with Crippen LogP contribution in [0.2, 0.25) is 5.02 Å². The molecule has 80 valence electrons. The number of benzene rings is 1. The molecule has 0 aliphatic carbocycles. The van der Waals surface area contributed by atoms with Gasteiger partial charge in [-0.1, -0.05) is 11.6 Å². The lowest BCUT2D eigenvalue weighted by atomic mass is 10.3. The van der Waals surface area contributed by atoms with Crippen molar-refractivity contribution in [1.82, 2.24) is 0 Å². The molecule has 0 bridgehead atoms. The highest BCUT2D eigenvalue weighted by Gasteiger charge is 2.29. The van der Waals surface area contributed by atoms with Crippen LogP contribution < -0.4 is 4.90 Å². The van der Waals surface area contributed by atoms with E-state index >= 15 is 0 Å². The maximum Gasteiger partial charge on any atom is 0.228 e. The van der Waals surface area contributed by atoms with Gasteiger partial charge in [0.05, 0.1) is 10.7 Å². The molecular weight excluding hydrogens is 237 g/mol. The van der Waals surface area contributed by atoms with E-state index in [0.29, 0.717) is 23.7 Å². The molecule has 0 N–H and O–H groups in total. The van der Waals surface area contributed by atoms with Gasteiger partial charge in [-0.3, -0.25) is 4.79 Å². The Balaban J connectivity index is 2.37. The highest BCUT2D eigenvalue weighted by atomic mass is 35.5. The number of hydrogen-bond acceptors (Lipinski definition) is 2. The Labute approximate surface area is 97.4 Å². The molecule has 1 saturated heterocycles. The maximum atomic E-state index is 13.0. The predicted octanol–water partition coefficient (Wildman–Crippen LogP) is 2.51. The number of anilines is 1. The molecule has 0 saturated carbocycles. The van der Waals surface area contributed by atoms with Gasteiger partial charge >= 0.3 is 0 Å². The van der Waals surface area contributed by atoms with Crippen LogP contribution in [0.3, 0.4) is 0 Å². The van der Waals surface area contributed by atoms with E-state index in [1.807, 2.05) is 0 Å². The zero-order valence-corrected chi connectivity index (χ0v) is 9.43. The van der Waals surface area contributed by atoms with Crippen molar-refractivity contribution in [3.8, 4) is 0 Å². The Kier molecular flexibility index (Phi) is 2.89. The second-order valence-electron chi connectivity index (χ2n) is 3.46. The zero-order valence-electron chi connectivity index (χ0n) is 7.78. The molecule has 2 nitrogen and oxygen atoms in total. The number of amides is 1. The number of thiol groups is 1. The molecule has 0 radical (unpaired) electrons. The van der Waals surface area contributed by atoms with Crippen molar-refractivity contribution in [3.63, 3.8) is 0 Å². The SMILES string of the molecule is O=C1CC(S)CN1c1cc(F)ccc1Cl. The van der Waals surface area contributed by atoms with E-state index in [0.717, 1.165) is 0 Å². The van der Waals surface area contributed by atoms with Crippen molar-refractivity contribution in [1.29, 1.82) is 0 Å². The van der Waals surface area contributed by atoms with Crippen molar-refractivity contribution < 1.29 is 9.18 Å². The Morgan fingerprint density at radius 3 is 2.87 bits per heavy atom.